The van der Waals surface area contributed by atoms with Crippen molar-refractivity contribution in [3.05, 3.63) is 48.6 Å². The number of unbranched alkanes of at least 4 members (excludes halogenated alkanes) is 57. The Kier molecular flexibility index (Phi) is 71.1. The van der Waals surface area contributed by atoms with Gasteiger partial charge in [-0.05, 0) is 57.8 Å². The van der Waals surface area contributed by atoms with Crippen molar-refractivity contribution in [2.24, 2.45) is 0 Å². The summed E-state index contributed by atoms with van der Waals surface area (Å²) in [4.78, 5) is 12.6. The summed E-state index contributed by atoms with van der Waals surface area (Å²) in [5.41, 5.74) is 0. The zero-order valence-electron chi connectivity index (χ0n) is 55.3. The molecule has 478 valence electrons. The van der Waals surface area contributed by atoms with Crippen molar-refractivity contribution in [1.82, 2.24) is 5.32 Å². The summed E-state index contributed by atoms with van der Waals surface area (Å²) in [6, 6.07) is -0.623. The second-order valence-corrected chi connectivity index (χ2v) is 25.7. The van der Waals surface area contributed by atoms with Crippen LogP contribution in [-0.2, 0) is 4.79 Å². The van der Waals surface area contributed by atoms with Crippen LogP contribution < -0.4 is 5.32 Å². The Morgan fingerprint density at radius 3 is 0.753 bits per heavy atom. The lowest BCUT2D eigenvalue weighted by Gasteiger charge is -2.20. The summed E-state index contributed by atoms with van der Waals surface area (Å²) in [5, 5.41) is 23.3. The number of hydrogen-bond donors (Lipinski definition) is 3. The molecule has 0 aliphatic heterocycles. The summed E-state index contributed by atoms with van der Waals surface area (Å²) in [6.07, 6.45) is 102. The summed E-state index contributed by atoms with van der Waals surface area (Å²) in [7, 11) is 0. The van der Waals surface area contributed by atoms with Crippen molar-refractivity contribution in [3.63, 3.8) is 0 Å². The summed E-state index contributed by atoms with van der Waals surface area (Å²) >= 11 is 0. The third-order valence-corrected chi connectivity index (χ3v) is 17.6. The molecule has 0 fully saturated rings. The van der Waals surface area contributed by atoms with Gasteiger partial charge in [0, 0.05) is 6.42 Å². The molecule has 3 N–H and O–H groups in total. The van der Waals surface area contributed by atoms with E-state index < -0.39 is 12.1 Å². The van der Waals surface area contributed by atoms with Crippen LogP contribution in [-0.4, -0.2) is 34.9 Å². The van der Waals surface area contributed by atoms with Gasteiger partial charge in [0.25, 0.3) is 0 Å². The maximum atomic E-state index is 12.6. The van der Waals surface area contributed by atoms with Gasteiger partial charge in [0.15, 0.2) is 0 Å². The third-order valence-electron chi connectivity index (χ3n) is 17.6. The second kappa shape index (κ2) is 72.6. The van der Waals surface area contributed by atoms with Gasteiger partial charge in [0.1, 0.15) is 0 Å². The molecule has 0 aromatic rings. The molecule has 0 saturated carbocycles. The van der Waals surface area contributed by atoms with Crippen LogP contribution in [0.2, 0.25) is 0 Å². The molecule has 0 heterocycles. The molecule has 0 bridgehead atoms. The summed E-state index contributed by atoms with van der Waals surface area (Å²) < 4.78 is 0. The molecule has 0 aliphatic carbocycles. The Balaban J connectivity index is 3.40. The van der Waals surface area contributed by atoms with E-state index in [0.29, 0.717) is 6.42 Å². The fraction of sp³-hybridized carbons (Fsp3) is 0.883. The van der Waals surface area contributed by atoms with Crippen LogP contribution in [0, 0.1) is 0 Å². The van der Waals surface area contributed by atoms with Crippen LogP contribution in [0.4, 0.5) is 0 Å². The van der Waals surface area contributed by atoms with E-state index in [-0.39, 0.29) is 12.5 Å². The number of aliphatic hydroxyl groups is 2. The predicted octanol–water partition coefficient (Wildman–Crippen LogP) is 25.7. The Hall–Kier alpha value is -1.65. The first-order chi connectivity index (χ1) is 40.2. The molecule has 0 aromatic carbocycles. The molecular weight excluding hydrogens is 987 g/mol. The first-order valence-corrected chi connectivity index (χ1v) is 37.4. The molecule has 0 aromatic heterocycles. The molecule has 1 amide bonds. The minimum Gasteiger partial charge on any atom is -0.394 e. The number of aliphatic hydroxyl groups excluding tert-OH is 2. The highest BCUT2D eigenvalue weighted by Gasteiger charge is 2.18. The highest BCUT2D eigenvalue weighted by atomic mass is 16.3. The lowest BCUT2D eigenvalue weighted by Crippen LogP contribution is -2.45. The number of nitrogens with one attached hydrogen (secondary N) is 1. The highest BCUT2D eigenvalue weighted by molar-refractivity contribution is 5.76. The van der Waals surface area contributed by atoms with E-state index in [0.717, 1.165) is 38.5 Å². The Labute approximate surface area is 509 Å². The van der Waals surface area contributed by atoms with Crippen LogP contribution in [0.5, 0.6) is 0 Å². The number of carbonyl (C=O) groups is 1. The van der Waals surface area contributed by atoms with Crippen molar-refractivity contribution < 1.29 is 15.0 Å². The van der Waals surface area contributed by atoms with Gasteiger partial charge in [-0.25, -0.2) is 0 Å². The molecule has 0 spiro atoms. The average molecular weight is 1140 g/mol. The van der Waals surface area contributed by atoms with E-state index in [4.69, 9.17) is 0 Å². The fourth-order valence-electron chi connectivity index (χ4n) is 11.9. The van der Waals surface area contributed by atoms with E-state index >= 15 is 0 Å². The fourth-order valence-corrected chi connectivity index (χ4v) is 11.9. The zero-order chi connectivity index (χ0) is 58.4. The first kappa shape index (κ1) is 79.3. The van der Waals surface area contributed by atoms with Crippen LogP contribution in [0.3, 0.4) is 0 Å². The summed E-state index contributed by atoms with van der Waals surface area (Å²) in [5.74, 6) is -0.0551. The number of amides is 1. The van der Waals surface area contributed by atoms with Crippen LogP contribution in [0.25, 0.3) is 0 Å². The van der Waals surface area contributed by atoms with Crippen molar-refractivity contribution in [2.75, 3.05) is 6.61 Å². The van der Waals surface area contributed by atoms with Crippen molar-refractivity contribution in [2.45, 2.75) is 431 Å². The molecule has 2 unspecified atom stereocenters. The molecule has 4 heteroatoms. The lowest BCUT2D eigenvalue weighted by atomic mass is 10.0. The van der Waals surface area contributed by atoms with Crippen molar-refractivity contribution >= 4 is 5.91 Å². The topological polar surface area (TPSA) is 69.6 Å². The van der Waals surface area contributed by atoms with Gasteiger partial charge in [0.05, 0.1) is 18.8 Å². The molecule has 0 radical (unpaired) electrons. The minimum atomic E-state index is -0.840. The van der Waals surface area contributed by atoms with Gasteiger partial charge in [-0.2, -0.15) is 0 Å². The second-order valence-electron chi connectivity index (χ2n) is 25.7. The summed E-state index contributed by atoms with van der Waals surface area (Å²) in [6.45, 7) is 4.34. The standard InChI is InChI=1S/C77H147NO3/c1-3-5-7-9-11-13-15-17-19-21-23-25-27-29-31-33-35-36-37-38-39-40-41-42-43-45-47-49-51-53-55-57-59-61-63-65-67-69-71-73-77(81)78-75(74-79)76(80)72-70-68-66-64-62-60-58-56-54-52-50-48-46-44-34-32-30-28-26-24-22-20-18-16-14-12-10-8-6-4-2/h15,17,21,23,27,29,70,72,75-76,79-80H,3-14,16,18-20,22,24-26,28,30-69,71,73-74H2,1-2H3,(H,78,81)/b17-15-,23-21-,29-27-,72-70+. The third kappa shape index (κ3) is 69.0. The van der Waals surface area contributed by atoms with Gasteiger partial charge in [-0.3, -0.25) is 4.79 Å². The Bertz CT molecular complexity index is 1290. The monoisotopic (exact) mass is 1130 g/mol. The van der Waals surface area contributed by atoms with E-state index in [2.05, 4.69) is 55.6 Å². The van der Waals surface area contributed by atoms with E-state index in [1.807, 2.05) is 6.08 Å². The molecule has 0 aliphatic rings. The largest absolute Gasteiger partial charge is 0.394 e. The van der Waals surface area contributed by atoms with Crippen LogP contribution in [0.1, 0.15) is 418 Å². The minimum absolute atomic E-state index is 0.0551. The van der Waals surface area contributed by atoms with E-state index in [9.17, 15) is 15.0 Å². The first-order valence-electron chi connectivity index (χ1n) is 37.4. The van der Waals surface area contributed by atoms with Crippen molar-refractivity contribution in [1.29, 1.82) is 0 Å². The molecule has 81 heavy (non-hydrogen) atoms. The van der Waals surface area contributed by atoms with Crippen molar-refractivity contribution in [3.8, 4) is 0 Å². The Morgan fingerprint density at radius 2 is 0.506 bits per heavy atom. The molecule has 0 saturated heterocycles. The van der Waals surface area contributed by atoms with Crippen LogP contribution in [0.15, 0.2) is 48.6 Å². The van der Waals surface area contributed by atoms with Gasteiger partial charge >= 0.3 is 0 Å². The average Bonchev–Trinajstić information content (AvgIpc) is 3.47. The zero-order valence-corrected chi connectivity index (χ0v) is 55.3. The molecule has 2 atom stereocenters. The normalized spacial score (nSPS) is 12.9. The molecular formula is C77H147NO3. The SMILES string of the molecule is CCCCCCC/C=C\C/C=C\C/C=C\CCCCCCCCCCCCCCCCCCCCCCCCCCC(=O)NC(CO)C(O)/C=C/CCCCCCCCCCCCCCCCCCCCCCCCCCCCCC. The maximum absolute atomic E-state index is 12.6. The van der Waals surface area contributed by atoms with Crippen LogP contribution >= 0.6 is 0 Å². The van der Waals surface area contributed by atoms with Gasteiger partial charge in [0.2, 0.25) is 5.91 Å². The quantitative estimate of drug-likeness (QED) is 0.0420. The number of rotatable bonds is 70. The van der Waals surface area contributed by atoms with Gasteiger partial charge in [-0.15, -0.1) is 0 Å². The number of hydrogen-bond acceptors (Lipinski definition) is 3. The Morgan fingerprint density at radius 1 is 0.296 bits per heavy atom. The number of carbonyl (C=O) groups excluding carboxylic acids is 1. The van der Waals surface area contributed by atoms with E-state index in [1.165, 1.54) is 360 Å². The molecule has 4 nitrogen and oxygen atoms in total. The number of allylic oxidation sites excluding steroid dienone is 7. The molecule has 0 rings (SSSR count). The predicted molar refractivity (Wildman–Crippen MR) is 364 cm³/mol. The maximum Gasteiger partial charge on any atom is 0.220 e. The smallest absolute Gasteiger partial charge is 0.220 e. The van der Waals surface area contributed by atoms with Gasteiger partial charge in [-0.1, -0.05) is 403 Å². The van der Waals surface area contributed by atoms with Gasteiger partial charge < -0.3 is 15.5 Å². The lowest BCUT2D eigenvalue weighted by molar-refractivity contribution is -0.123. The highest BCUT2D eigenvalue weighted by Crippen LogP contribution is 2.19. The van der Waals surface area contributed by atoms with E-state index in [1.54, 1.807) is 6.08 Å².